The molecule has 0 amide bonds. The van der Waals surface area contributed by atoms with Gasteiger partial charge in [-0.15, -0.1) is 11.3 Å². The van der Waals surface area contributed by atoms with Crippen molar-refractivity contribution in [3.05, 3.63) is 83.5 Å². The number of halogens is 3. The van der Waals surface area contributed by atoms with Crippen LogP contribution in [-0.4, -0.2) is 9.97 Å². The number of aromatic nitrogens is 2. The molecule has 0 fully saturated rings. The number of benzene rings is 2. The molecule has 0 aliphatic heterocycles. The van der Waals surface area contributed by atoms with Gasteiger partial charge in [-0.05, 0) is 54.6 Å². The first-order valence-corrected chi connectivity index (χ1v) is 9.82. The summed E-state index contributed by atoms with van der Waals surface area (Å²) in [6.07, 6.45) is -1.31. The lowest BCUT2D eigenvalue weighted by Gasteiger charge is -2.15. The highest BCUT2D eigenvalue weighted by Crippen LogP contribution is 2.40. The molecule has 9 heteroatoms. The van der Waals surface area contributed by atoms with E-state index in [-0.39, 0.29) is 17.2 Å². The van der Waals surface area contributed by atoms with E-state index in [4.69, 9.17) is 10.00 Å². The molecule has 4 rings (SSSR count). The fraction of sp³-hybridized carbons (Fsp3) is 0.0455. The molecule has 0 saturated carbocycles. The van der Waals surface area contributed by atoms with Gasteiger partial charge < -0.3 is 10.1 Å². The first-order valence-electron chi connectivity index (χ1n) is 8.94. The second-order valence-corrected chi connectivity index (χ2v) is 7.21. The molecule has 31 heavy (non-hydrogen) atoms. The number of anilines is 2. The predicted octanol–water partition coefficient (Wildman–Crippen LogP) is 6.63. The van der Waals surface area contributed by atoms with E-state index in [2.05, 4.69) is 15.3 Å². The lowest BCUT2D eigenvalue weighted by Crippen LogP contribution is -2.08. The molecule has 0 atom stereocenters. The SMILES string of the molecule is N#Cc1ccc(Oc2ccc(Nc3nc(-c4cccnc4)cs3)cc2C(F)(F)F)cc1. The number of rotatable bonds is 5. The summed E-state index contributed by atoms with van der Waals surface area (Å²) in [5.41, 5.74) is 1.18. The normalized spacial score (nSPS) is 11.0. The molecule has 4 aromatic rings. The molecule has 0 aliphatic rings. The third-order valence-corrected chi connectivity index (χ3v) is 4.97. The maximum Gasteiger partial charge on any atom is 0.420 e. The van der Waals surface area contributed by atoms with Crippen molar-refractivity contribution >= 4 is 22.2 Å². The summed E-state index contributed by atoms with van der Waals surface area (Å²) in [6.45, 7) is 0. The van der Waals surface area contributed by atoms with Crippen LogP contribution in [0.1, 0.15) is 11.1 Å². The van der Waals surface area contributed by atoms with Crippen LogP contribution in [0.2, 0.25) is 0 Å². The Morgan fingerprint density at radius 2 is 1.87 bits per heavy atom. The van der Waals surface area contributed by atoms with Crippen LogP contribution in [0.4, 0.5) is 24.0 Å². The number of nitrogens with one attached hydrogen (secondary N) is 1. The standard InChI is InChI=1S/C22H13F3N4OS/c23-22(24,25)18-10-16(5-8-20(18)30-17-6-3-14(11-26)4-7-17)28-21-29-19(13-31-21)15-2-1-9-27-12-15/h1-10,12-13H,(H,28,29). The van der Waals surface area contributed by atoms with Gasteiger partial charge in [-0.25, -0.2) is 4.98 Å². The summed E-state index contributed by atoms with van der Waals surface area (Å²) >= 11 is 1.27. The summed E-state index contributed by atoms with van der Waals surface area (Å²) in [4.78, 5) is 8.44. The topological polar surface area (TPSA) is 70.8 Å². The van der Waals surface area contributed by atoms with Gasteiger partial charge in [0.25, 0.3) is 0 Å². The fourth-order valence-electron chi connectivity index (χ4n) is 2.74. The number of nitrogens with zero attached hydrogens (tertiary/aromatic N) is 3. The minimum atomic E-state index is -4.62. The van der Waals surface area contributed by atoms with E-state index in [1.165, 1.54) is 47.7 Å². The van der Waals surface area contributed by atoms with Crippen molar-refractivity contribution in [2.45, 2.75) is 6.18 Å². The van der Waals surface area contributed by atoms with Crippen LogP contribution in [0.3, 0.4) is 0 Å². The molecule has 0 aliphatic carbocycles. The van der Waals surface area contributed by atoms with Crippen molar-refractivity contribution in [1.29, 1.82) is 5.26 Å². The maximum absolute atomic E-state index is 13.6. The monoisotopic (exact) mass is 438 g/mol. The molecule has 0 unspecified atom stereocenters. The van der Waals surface area contributed by atoms with Crippen molar-refractivity contribution in [2.24, 2.45) is 0 Å². The zero-order chi connectivity index (χ0) is 21.8. The quantitative estimate of drug-likeness (QED) is 0.379. The van der Waals surface area contributed by atoms with E-state index in [0.29, 0.717) is 16.4 Å². The molecule has 5 nitrogen and oxygen atoms in total. The first kappa shape index (κ1) is 20.4. The molecule has 1 N–H and O–H groups in total. The van der Waals surface area contributed by atoms with E-state index in [1.807, 2.05) is 12.1 Å². The maximum atomic E-state index is 13.6. The Kier molecular flexibility index (Phi) is 5.56. The summed E-state index contributed by atoms with van der Waals surface area (Å²) in [5.74, 6) is -0.135. The van der Waals surface area contributed by atoms with Gasteiger partial charge in [0.05, 0.1) is 17.3 Å². The van der Waals surface area contributed by atoms with Crippen molar-refractivity contribution in [1.82, 2.24) is 9.97 Å². The number of alkyl halides is 3. The van der Waals surface area contributed by atoms with Crippen molar-refractivity contribution in [3.8, 4) is 28.8 Å². The van der Waals surface area contributed by atoms with Crippen LogP contribution in [-0.2, 0) is 6.18 Å². The molecule has 2 heterocycles. The Hall–Kier alpha value is -3.90. The van der Waals surface area contributed by atoms with Crippen molar-refractivity contribution in [3.63, 3.8) is 0 Å². The van der Waals surface area contributed by atoms with E-state index in [0.717, 1.165) is 11.6 Å². The summed E-state index contributed by atoms with van der Waals surface area (Å²) in [5, 5.41) is 14.0. The molecule has 0 spiro atoms. The third kappa shape index (κ3) is 4.82. The van der Waals surface area contributed by atoms with Gasteiger partial charge in [-0.3, -0.25) is 4.98 Å². The Labute approximate surface area is 179 Å². The summed E-state index contributed by atoms with van der Waals surface area (Å²) in [7, 11) is 0. The molecule has 0 radical (unpaired) electrons. The van der Waals surface area contributed by atoms with Gasteiger partial charge in [0.2, 0.25) is 0 Å². The number of pyridine rings is 1. The molecular weight excluding hydrogens is 425 g/mol. The number of thiazole rings is 1. The molecule has 154 valence electrons. The van der Waals surface area contributed by atoms with E-state index in [9.17, 15) is 13.2 Å². The van der Waals surface area contributed by atoms with Gasteiger partial charge in [-0.1, -0.05) is 0 Å². The minimum absolute atomic E-state index is 0.200. The highest BCUT2D eigenvalue weighted by molar-refractivity contribution is 7.14. The van der Waals surface area contributed by atoms with Gasteiger partial charge in [0.15, 0.2) is 5.13 Å². The van der Waals surface area contributed by atoms with Crippen LogP contribution in [0.15, 0.2) is 72.4 Å². The van der Waals surface area contributed by atoms with Crippen LogP contribution in [0.5, 0.6) is 11.5 Å². The van der Waals surface area contributed by atoms with Crippen molar-refractivity contribution < 1.29 is 17.9 Å². The predicted molar refractivity (Wildman–Crippen MR) is 111 cm³/mol. The number of hydrogen-bond donors (Lipinski definition) is 1. The lowest BCUT2D eigenvalue weighted by molar-refractivity contribution is -0.138. The number of hydrogen-bond acceptors (Lipinski definition) is 6. The van der Waals surface area contributed by atoms with Crippen LogP contribution < -0.4 is 10.1 Å². The average Bonchev–Trinajstić information content (AvgIpc) is 3.24. The molecule has 2 aromatic carbocycles. The Morgan fingerprint density at radius 1 is 1.06 bits per heavy atom. The Morgan fingerprint density at radius 3 is 2.55 bits per heavy atom. The fourth-order valence-corrected chi connectivity index (χ4v) is 3.48. The van der Waals surface area contributed by atoms with Crippen LogP contribution >= 0.6 is 11.3 Å². The zero-order valence-electron chi connectivity index (χ0n) is 15.7. The lowest BCUT2D eigenvalue weighted by atomic mass is 10.1. The van der Waals surface area contributed by atoms with Gasteiger partial charge in [0.1, 0.15) is 17.1 Å². The minimum Gasteiger partial charge on any atom is -0.457 e. The Bertz CT molecular complexity index is 1230. The molecule has 0 bridgehead atoms. The van der Waals surface area contributed by atoms with E-state index >= 15 is 0 Å². The largest absolute Gasteiger partial charge is 0.457 e. The summed E-state index contributed by atoms with van der Waals surface area (Å²) < 4.78 is 46.4. The Balaban J connectivity index is 1.58. The van der Waals surface area contributed by atoms with Gasteiger partial charge in [0, 0.05) is 29.0 Å². The van der Waals surface area contributed by atoms with E-state index in [1.54, 1.807) is 23.8 Å². The van der Waals surface area contributed by atoms with Crippen LogP contribution in [0.25, 0.3) is 11.3 Å². The zero-order valence-corrected chi connectivity index (χ0v) is 16.5. The second-order valence-electron chi connectivity index (χ2n) is 6.35. The smallest absolute Gasteiger partial charge is 0.420 e. The van der Waals surface area contributed by atoms with E-state index < -0.39 is 11.7 Å². The van der Waals surface area contributed by atoms with Crippen LogP contribution in [0, 0.1) is 11.3 Å². The first-order chi connectivity index (χ1) is 14.9. The average molecular weight is 438 g/mol. The molecule has 0 saturated heterocycles. The summed E-state index contributed by atoms with van der Waals surface area (Å²) in [6, 6.07) is 15.1. The highest BCUT2D eigenvalue weighted by atomic mass is 32.1. The second kappa shape index (κ2) is 8.45. The van der Waals surface area contributed by atoms with Gasteiger partial charge in [-0.2, -0.15) is 18.4 Å². The highest BCUT2D eigenvalue weighted by Gasteiger charge is 2.35. The van der Waals surface area contributed by atoms with Gasteiger partial charge >= 0.3 is 6.18 Å². The number of ether oxygens (including phenoxy) is 1. The molecule has 2 aromatic heterocycles. The van der Waals surface area contributed by atoms with Crippen molar-refractivity contribution in [2.75, 3.05) is 5.32 Å². The molecular formula is C22H13F3N4OS. The number of nitriles is 1. The third-order valence-electron chi connectivity index (χ3n) is 4.21.